The van der Waals surface area contributed by atoms with Gasteiger partial charge in [0.2, 0.25) is 0 Å². The molecule has 0 radical (unpaired) electrons. The van der Waals surface area contributed by atoms with E-state index < -0.39 is 21.9 Å². The number of carbonyl (C=O) groups excluding carboxylic acids is 1. The Morgan fingerprint density at radius 1 is 1.39 bits per heavy atom. The minimum Gasteiger partial charge on any atom is -0.469 e. The minimum absolute atomic E-state index is 0.182. The van der Waals surface area contributed by atoms with Crippen LogP contribution in [0.2, 0.25) is 0 Å². The van der Waals surface area contributed by atoms with Crippen molar-refractivity contribution in [3.8, 4) is 0 Å². The first-order valence-electron chi connectivity index (χ1n) is 5.76. The van der Waals surface area contributed by atoms with Gasteiger partial charge in [-0.05, 0) is 20.8 Å². The summed E-state index contributed by atoms with van der Waals surface area (Å²) in [4.78, 5) is 10.8. The number of ether oxygens (including phenoxy) is 1. The molecule has 0 aliphatic rings. The normalized spacial score (nSPS) is 14.3. The fourth-order valence-electron chi connectivity index (χ4n) is 1.20. The summed E-state index contributed by atoms with van der Waals surface area (Å²) in [6.45, 7) is 5.96. The van der Waals surface area contributed by atoms with Gasteiger partial charge in [0.25, 0.3) is 0 Å². The number of methoxy groups -OCH3 is 1. The molecule has 0 aromatic carbocycles. The first kappa shape index (κ1) is 17.3. The van der Waals surface area contributed by atoms with Gasteiger partial charge in [0.15, 0.2) is 9.84 Å². The zero-order valence-corrected chi connectivity index (χ0v) is 12.2. The van der Waals surface area contributed by atoms with Crippen LogP contribution in [0.3, 0.4) is 0 Å². The van der Waals surface area contributed by atoms with E-state index in [2.05, 4.69) is 10.1 Å². The summed E-state index contributed by atoms with van der Waals surface area (Å²) in [5.41, 5.74) is -0.184. The Morgan fingerprint density at radius 3 is 2.39 bits per heavy atom. The molecule has 18 heavy (non-hydrogen) atoms. The summed E-state index contributed by atoms with van der Waals surface area (Å²) in [6.07, 6.45) is -1.16. The molecule has 0 amide bonds. The van der Waals surface area contributed by atoms with Crippen LogP contribution in [0.5, 0.6) is 0 Å². The average molecular weight is 281 g/mol. The van der Waals surface area contributed by atoms with Crippen LogP contribution in [-0.4, -0.2) is 56.3 Å². The van der Waals surface area contributed by atoms with E-state index in [1.54, 1.807) is 0 Å². The van der Waals surface area contributed by atoms with Crippen LogP contribution in [0.4, 0.5) is 0 Å². The average Bonchev–Trinajstić information content (AvgIpc) is 2.21. The minimum atomic E-state index is -3.44. The van der Waals surface area contributed by atoms with E-state index in [1.165, 1.54) is 7.11 Å². The van der Waals surface area contributed by atoms with Gasteiger partial charge in [0.05, 0.1) is 31.1 Å². The molecule has 0 aliphatic heterocycles. The number of hydrogen-bond donors (Lipinski definition) is 2. The van der Waals surface area contributed by atoms with Gasteiger partial charge < -0.3 is 15.2 Å². The second-order valence-electron chi connectivity index (χ2n) is 5.23. The summed E-state index contributed by atoms with van der Waals surface area (Å²) in [7, 11) is -2.24. The van der Waals surface area contributed by atoms with Gasteiger partial charge in [-0.2, -0.15) is 0 Å². The van der Waals surface area contributed by atoms with Crippen LogP contribution in [0, 0.1) is 0 Å². The van der Waals surface area contributed by atoms with Crippen molar-refractivity contribution in [3.05, 3.63) is 0 Å². The molecule has 0 aromatic heterocycles. The van der Waals surface area contributed by atoms with Crippen LogP contribution < -0.4 is 5.32 Å². The van der Waals surface area contributed by atoms with Gasteiger partial charge in [0.1, 0.15) is 0 Å². The molecule has 2 N–H and O–H groups in total. The number of aliphatic hydroxyl groups excluding tert-OH is 1. The summed E-state index contributed by atoms with van der Waals surface area (Å²) in [6, 6.07) is 0. The summed E-state index contributed by atoms with van der Waals surface area (Å²) in [5.74, 6) is -1.22. The molecular formula is C11H23NO5S. The lowest BCUT2D eigenvalue weighted by Gasteiger charge is -2.22. The van der Waals surface area contributed by atoms with E-state index in [-0.39, 0.29) is 30.0 Å². The summed E-state index contributed by atoms with van der Waals surface area (Å²) < 4.78 is 27.5. The van der Waals surface area contributed by atoms with Crippen LogP contribution in [0.15, 0.2) is 0 Å². The Labute approximate surface area is 109 Å². The number of nitrogens with one attached hydrogen (secondary N) is 1. The van der Waals surface area contributed by atoms with E-state index in [1.807, 2.05) is 20.8 Å². The largest absolute Gasteiger partial charge is 0.469 e. The Bertz CT molecular complexity index is 358. The van der Waals surface area contributed by atoms with Crippen molar-refractivity contribution in [2.75, 3.05) is 25.2 Å². The Balaban J connectivity index is 4.12. The standard InChI is InChI=1S/C11H23NO5S/c1-11(2,3)12-7-9(13)8-18(15,16)6-5-10(14)17-4/h9,12-13H,5-8H2,1-4H3. The maximum Gasteiger partial charge on any atom is 0.306 e. The van der Waals surface area contributed by atoms with E-state index in [0.29, 0.717) is 0 Å². The number of rotatable bonds is 7. The fraction of sp³-hybridized carbons (Fsp3) is 0.909. The highest BCUT2D eigenvalue weighted by Crippen LogP contribution is 2.02. The molecule has 0 rings (SSSR count). The molecule has 0 saturated carbocycles. The smallest absolute Gasteiger partial charge is 0.306 e. The van der Waals surface area contributed by atoms with Crippen molar-refractivity contribution in [1.29, 1.82) is 0 Å². The van der Waals surface area contributed by atoms with Crippen molar-refractivity contribution < 1.29 is 23.1 Å². The van der Waals surface area contributed by atoms with E-state index in [4.69, 9.17) is 0 Å². The number of hydrogen-bond acceptors (Lipinski definition) is 6. The molecule has 0 bridgehead atoms. The maximum atomic E-state index is 11.6. The van der Waals surface area contributed by atoms with E-state index >= 15 is 0 Å². The number of carbonyl (C=O) groups is 1. The highest BCUT2D eigenvalue weighted by Gasteiger charge is 2.20. The van der Waals surface area contributed by atoms with Crippen molar-refractivity contribution >= 4 is 15.8 Å². The van der Waals surface area contributed by atoms with Gasteiger partial charge >= 0.3 is 5.97 Å². The Hall–Kier alpha value is -0.660. The molecule has 0 saturated heterocycles. The lowest BCUT2D eigenvalue weighted by Crippen LogP contribution is -2.43. The molecule has 1 unspecified atom stereocenters. The Morgan fingerprint density at radius 2 is 1.94 bits per heavy atom. The van der Waals surface area contributed by atoms with Crippen molar-refractivity contribution in [3.63, 3.8) is 0 Å². The molecule has 6 nitrogen and oxygen atoms in total. The molecule has 0 spiro atoms. The molecule has 0 aromatic rings. The first-order valence-corrected chi connectivity index (χ1v) is 7.58. The molecule has 0 fully saturated rings. The fourth-order valence-corrected chi connectivity index (χ4v) is 2.55. The number of β-amino-alcohol motifs (C(OH)–C–C–N with tert-alkyl or cyclic N) is 1. The lowest BCUT2D eigenvalue weighted by atomic mass is 10.1. The number of aliphatic hydroxyl groups is 1. The lowest BCUT2D eigenvalue weighted by molar-refractivity contribution is -0.140. The second kappa shape index (κ2) is 7.06. The van der Waals surface area contributed by atoms with Gasteiger partial charge in [-0.3, -0.25) is 4.79 Å². The maximum absolute atomic E-state index is 11.6. The third-order valence-electron chi connectivity index (χ3n) is 2.16. The zero-order chi connectivity index (χ0) is 14.4. The van der Waals surface area contributed by atoms with Crippen molar-refractivity contribution in [2.24, 2.45) is 0 Å². The quantitative estimate of drug-likeness (QED) is 0.623. The summed E-state index contributed by atoms with van der Waals surface area (Å²) in [5, 5.41) is 12.6. The predicted octanol–water partition coefficient (Wildman–Crippen LogP) is -0.287. The monoisotopic (exact) mass is 281 g/mol. The highest BCUT2D eigenvalue weighted by molar-refractivity contribution is 7.91. The van der Waals surface area contributed by atoms with Crippen molar-refractivity contribution in [1.82, 2.24) is 5.32 Å². The SMILES string of the molecule is COC(=O)CCS(=O)(=O)CC(O)CNC(C)(C)C. The Kier molecular flexibility index (Phi) is 6.80. The predicted molar refractivity (Wildman–Crippen MR) is 69.0 cm³/mol. The van der Waals surface area contributed by atoms with Crippen LogP contribution in [-0.2, 0) is 19.4 Å². The third kappa shape index (κ3) is 9.38. The van der Waals surface area contributed by atoms with E-state index in [0.717, 1.165) is 0 Å². The molecule has 1 atom stereocenters. The first-order chi connectivity index (χ1) is 8.06. The molecule has 0 aliphatic carbocycles. The topological polar surface area (TPSA) is 92.7 Å². The molecular weight excluding hydrogens is 258 g/mol. The molecule has 7 heteroatoms. The van der Waals surface area contributed by atoms with Crippen LogP contribution >= 0.6 is 0 Å². The number of sulfone groups is 1. The highest BCUT2D eigenvalue weighted by atomic mass is 32.2. The van der Waals surface area contributed by atoms with Crippen LogP contribution in [0.25, 0.3) is 0 Å². The number of esters is 1. The molecule has 108 valence electrons. The van der Waals surface area contributed by atoms with Gasteiger partial charge in [-0.15, -0.1) is 0 Å². The third-order valence-corrected chi connectivity index (χ3v) is 3.88. The van der Waals surface area contributed by atoms with Gasteiger partial charge in [0, 0.05) is 12.1 Å². The summed E-state index contributed by atoms with van der Waals surface area (Å²) >= 11 is 0. The van der Waals surface area contributed by atoms with Crippen molar-refractivity contribution in [2.45, 2.75) is 38.8 Å². The zero-order valence-electron chi connectivity index (χ0n) is 11.4. The van der Waals surface area contributed by atoms with E-state index in [9.17, 15) is 18.3 Å². The molecule has 0 heterocycles. The van der Waals surface area contributed by atoms with Gasteiger partial charge in [-0.25, -0.2) is 8.42 Å². The second-order valence-corrected chi connectivity index (χ2v) is 7.45. The van der Waals surface area contributed by atoms with Gasteiger partial charge in [-0.1, -0.05) is 0 Å². The van der Waals surface area contributed by atoms with Crippen LogP contribution in [0.1, 0.15) is 27.2 Å².